The van der Waals surface area contributed by atoms with E-state index in [1.54, 1.807) is 4.90 Å². The molecule has 3 aromatic rings. The van der Waals surface area contributed by atoms with Crippen LogP contribution < -0.4 is 20.0 Å². The van der Waals surface area contributed by atoms with E-state index in [4.69, 9.17) is 9.72 Å². The lowest BCUT2D eigenvalue weighted by atomic mass is 9.99. The Morgan fingerprint density at radius 1 is 1.06 bits per heavy atom. The molecule has 8 nitrogen and oxygen atoms in total. The van der Waals surface area contributed by atoms with Crippen molar-refractivity contribution in [3.63, 3.8) is 0 Å². The molecular weight excluding hydrogens is 447 g/mol. The van der Waals surface area contributed by atoms with E-state index in [1.807, 2.05) is 18.2 Å². The van der Waals surface area contributed by atoms with Crippen LogP contribution in [-0.4, -0.2) is 61.4 Å². The minimum absolute atomic E-state index is 0.000188. The second kappa shape index (κ2) is 9.14. The van der Waals surface area contributed by atoms with E-state index in [-0.39, 0.29) is 12.1 Å². The summed E-state index contributed by atoms with van der Waals surface area (Å²) in [6.45, 7) is 4.88. The first-order valence-electron chi connectivity index (χ1n) is 12.1. The maximum absolute atomic E-state index is 13.7. The quantitative estimate of drug-likeness (QED) is 0.615. The van der Waals surface area contributed by atoms with Gasteiger partial charge in [-0.15, -0.1) is 0 Å². The van der Waals surface area contributed by atoms with Crippen molar-refractivity contribution >= 4 is 28.9 Å². The number of urea groups is 1. The Bertz CT molecular complexity index is 1250. The lowest BCUT2D eigenvalue weighted by Gasteiger charge is -2.45. The fourth-order valence-electron chi connectivity index (χ4n) is 5.19. The number of anilines is 4. The second-order valence-electron chi connectivity index (χ2n) is 9.12. The van der Waals surface area contributed by atoms with Gasteiger partial charge in [-0.05, 0) is 37.1 Å². The first-order chi connectivity index (χ1) is 17.2. The number of fused-ring (bicyclic) bond motifs is 4. The van der Waals surface area contributed by atoms with Crippen LogP contribution in [0.3, 0.4) is 0 Å². The number of piperidine rings is 1. The topological polar surface area (TPSA) is 73.8 Å². The van der Waals surface area contributed by atoms with Crippen molar-refractivity contribution < 1.29 is 13.9 Å². The highest BCUT2D eigenvalue weighted by Gasteiger charge is 2.38. The summed E-state index contributed by atoms with van der Waals surface area (Å²) in [6.07, 6.45) is 4.45. The van der Waals surface area contributed by atoms with Crippen LogP contribution >= 0.6 is 0 Å². The molecule has 2 amide bonds. The number of halogens is 1. The highest BCUT2D eigenvalue weighted by molar-refractivity contribution is 6.04. The molecule has 2 bridgehead atoms. The van der Waals surface area contributed by atoms with Gasteiger partial charge in [-0.1, -0.05) is 12.1 Å². The van der Waals surface area contributed by atoms with Gasteiger partial charge in [-0.2, -0.15) is 0 Å². The molecule has 1 aromatic carbocycles. The average molecular weight is 475 g/mol. The van der Waals surface area contributed by atoms with Crippen LogP contribution in [0.1, 0.15) is 12.8 Å². The van der Waals surface area contributed by atoms with E-state index in [2.05, 4.69) is 38.3 Å². The van der Waals surface area contributed by atoms with E-state index in [1.165, 1.54) is 12.3 Å². The summed E-state index contributed by atoms with van der Waals surface area (Å²) in [6, 6.07) is 13.4. The van der Waals surface area contributed by atoms with Crippen molar-refractivity contribution in [2.75, 3.05) is 59.4 Å². The lowest BCUT2D eigenvalue weighted by Crippen LogP contribution is -2.56. The molecule has 2 saturated heterocycles. The molecule has 6 rings (SSSR count). The van der Waals surface area contributed by atoms with Gasteiger partial charge in [0.15, 0.2) is 5.82 Å². The van der Waals surface area contributed by atoms with E-state index in [9.17, 15) is 9.18 Å². The summed E-state index contributed by atoms with van der Waals surface area (Å²) < 4.78 is 19.1. The summed E-state index contributed by atoms with van der Waals surface area (Å²) in [5.74, 6) is 0.142. The van der Waals surface area contributed by atoms with Gasteiger partial charge >= 0.3 is 6.03 Å². The maximum Gasteiger partial charge on any atom is 0.327 e. The summed E-state index contributed by atoms with van der Waals surface area (Å²) in [4.78, 5) is 28.6. The van der Waals surface area contributed by atoms with E-state index < -0.39 is 5.82 Å². The highest BCUT2D eigenvalue weighted by Crippen LogP contribution is 2.40. The molecule has 1 N–H and O–H groups in total. The normalized spacial score (nSPS) is 19.3. The zero-order valence-electron chi connectivity index (χ0n) is 19.4. The number of nitrogens with zero attached hydrogens (tertiary/aromatic N) is 5. The van der Waals surface area contributed by atoms with Crippen LogP contribution in [0.15, 0.2) is 54.9 Å². The van der Waals surface area contributed by atoms with Crippen LogP contribution in [0, 0.1) is 5.82 Å². The third-order valence-corrected chi connectivity index (χ3v) is 6.88. The number of morpholine rings is 1. The van der Waals surface area contributed by atoms with Crippen molar-refractivity contribution in [1.82, 2.24) is 9.97 Å². The highest BCUT2D eigenvalue weighted by atomic mass is 19.1. The Morgan fingerprint density at radius 3 is 2.80 bits per heavy atom. The van der Waals surface area contributed by atoms with Gasteiger partial charge in [0.25, 0.3) is 0 Å². The first kappa shape index (κ1) is 21.8. The fraction of sp³-hybridized carbons (Fsp3) is 0.346. The SMILES string of the molecule is O=C(Nc1cncc(F)c1)N1c2nc(-c3cccc(N4CCOCC4)c3)ccc2N2CCC[C@H]1C2. The number of hydrogen-bond donors (Lipinski definition) is 1. The Morgan fingerprint density at radius 2 is 1.94 bits per heavy atom. The number of carbonyl (C=O) groups excluding carboxylic acids is 1. The summed E-state index contributed by atoms with van der Waals surface area (Å²) in [5.41, 5.74) is 4.22. The number of aromatic nitrogens is 2. The maximum atomic E-state index is 13.7. The van der Waals surface area contributed by atoms with Gasteiger partial charge in [0.2, 0.25) is 0 Å². The molecular formula is C26H27FN6O2. The van der Waals surface area contributed by atoms with Crippen molar-refractivity contribution in [3.05, 3.63) is 60.7 Å². The Balaban J connectivity index is 1.35. The minimum Gasteiger partial charge on any atom is -0.378 e. The third-order valence-electron chi connectivity index (χ3n) is 6.88. The average Bonchev–Trinajstić information content (AvgIpc) is 2.89. The number of benzene rings is 1. The molecule has 3 aliphatic rings. The number of pyridine rings is 2. The van der Waals surface area contributed by atoms with Crippen LogP contribution in [0.4, 0.5) is 32.1 Å². The number of hydrogen-bond acceptors (Lipinski definition) is 6. The van der Waals surface area contributed by atoms with Gasteiger partial charge in [-0.3, -0.25) is 9.88 Å². The predicted molar refractivity (Wildman–Crippen MR) is 134 cm³/mol. The van der Waals surface area contributed by atoms with Gasteiger partial charge in [-0.25, -0.2) is 14.2 Å². The molecule has 0 aliphatic carbocycles. The molecule has 5 heterocycles. The van der Waals surface area contributed by atoms with Crippen molar-refractivity contribution in [3.8, 4) is 11.3 Å². The molecule has 0 radical (unpaired) electrons. The largest absolute Gasteiger partial charge is 0.378 e. The molecule has 0 saturated carbocycles. The lowest BCUT2D eigenvalue weighted by molar-refractivity contribution is 0.122. The zero-order valence-corrected chi connectivity index (χ0v) is 19.4. The van der Waals surface area contributed by atoms with Crippen molar-refractivity contribution in [2.45, 2.75) is 18.9 Å². The molecule has 35 heavy (non-hydrogen) atoms. The predicted octanol–water partition coefficient (Wildman–Crippen LogP) is 4.14. The van der Waals surface area contributed by atoms with Crippen LogP contribution in [0.25, 0.3) is 11.3 Å². The van der Waals surface area contributed by atoms with Gasteiger partial charge in [0, 0.05) is 43.5 Å². The second-order valence-corrected chi connectivity index (χ2v) is 9.12. The molecule has 9 heteroatoms. The number of carbonyl (C=O) groups is 1. The molecule has 0 unspecified atom stereocenters. The zero-order chi connectivity index (χ0) is 23.8. The molecule has 2 fully saturated rings. The van der Waals surface area contributed by atoms with Crippen molar-refractivity contribution in [1.29, 1.82) is 0 Å². The van der Waals surface area contributed by atoms with E-state index in [0.29, 0.717) is 11.5 Å². The van der Waals surface area contributed by atoms with Gasteiger partial charge < -0.3 is 19.9 Å². The number of nitrogens with one attached hydrogen (secondary N) is 1. The van der Waals surface area contributed by atoms with Crippen molar-refractivity contribution in [2.24, 2.45) is 0 Å². The molecule has 1 atom stereocenters. The summed E-state index contributed by atoms with van der Waals surface area (Å²) >= 11 is 0. The number of ether oxygens (including phenoxy) is 1. The molecule has 3 aliphatic heterocycles. The summed E-state index contributed by atoms with van der Waals surface area (Å²) in [7, 11) is 0. The van der Waals surface area contributed by atoms with E-state index in [0.717, 1.165) is 81.1 Å². The Labute approximate surface area is 203 Å². The first-order valence-corrected chi connectivity index (χ1v) is 12.1. The van der Waals surface area contributed by atoms with Crippen LogP contribution in [-0.2, 0) is 4.74 Å². The van der Waals surface area contributed by atoms with Gasteiger partial charge in [0.05, 0.1) is 48.7 Å². The number of amides is 2. The smallest absolute Gasteiger partial charge is 0.327 e. The van der Waals surface area contributed by atoms with Crippen LogP contribution in [0.2, 0.25) is 0 Å². The number of rotatable bonds is 3. The van der Waals surface area contributed by atoms with Gasteiger partial charge in [0.1, 0.15) is 5.82 Å². The molecule has 2 aromatic heterocycles. The molecule has 0 spiro atoms. The molecule has 180 valence electrons. The van der Waals surface area contributed by atoms with Crippen LogP contribution in [0.5, 0.6) is 0 Å². The Kier molecular flexibility index (Phi) is 5.69. The summed E-state index contributed by atoms with van der Waals surface area (Å²) in [5, 5.41) is 2.82. The van der Waals surface area contributed by atoms with E-state index >= 15 is 0 Å². The minimum atomic E-state index is -0.494. The third kappa shape index (κ3) is 4.27. The standard InChI is InChI=1S/C26H27FN6O2/c27-19-14-20(16-28-15-19)29-26(34)33-22-5-2-8-32(17-22)24-7-6-23(30-25(24)33)18-3-1-4-21(13-18)31-9-11-35-12-10-31/h1,3-4,6-7,13-16,22H,2,5,8-12,17H2,(H,29,34)/t22-/m0/s1. The fourth-order valence-corrected chi connectivity index (χ4v) is 5.19. The Hall–Kier alpha value is -3.72. The monoisotopic (exact) mass is 474 g/mol.